The lowest BCUT2D eigenvalue weighted by Crippen LogP contribution is -2.37. The van der Waals surface area contributed by atoms with Crippen molar-refractivity contribution in [3.8, 4) is 5.75 Å². The maximum Gasteiger partial charge on any atom is 0.123 e. The summed E-state index contributed by atoms with van der Waals surface area (Å²) < 4.78 is 5.89. The van der Waals surface area contributed by atoms with Gasteiger partial charge in [-0.15, -0.1) is 0 Å². The smallest absolute Gasteiger partial charge is 0.123 e. The molecule has 1 atom stereocenters. The Kier molecular flexibility index (Phi) is 3.06. The van der Waals surface area contributed by atoms with Crippen molar-refractivity contribution in [3.05, 3.63) is 29.3 Å². The van der Waals surface area contributed by atoms with Crippen molar-refractivity contribution in [1.82, 2.24) is 0 Å². The SMILES string of the molecule is CC1Cc2ccc(C3(CN)CCCCC3)cc2O1. The zero-order valence-electron chi connectivity index (χ0n) is 11.2. The van der Waals surface area contributed by atoms with Crippen LogP contribution in [0.3, 0.4) is 0 Å². The molecule has 2 N–H and O–H groups in total. The molecule has 1 saturated carbocycles. The van der Waals surface area contributed by atoms with Crippen molar-refractivity contribution in [2.24, 2.45) is 5.73 Å². The Morgan fingerprint density at radius 2 is 2.06 bits per heavy atom. The zero-order valence-corrected chi connectivity index (χ0v) is 11.2. The van der Waals surface area contributed by atoms with Crippen LogP contribution < -0.4 is 10.5 Å². The fraction of sp³-hybridized carbons (Fsp3) is 0.625. The Morgan fingerprint density at radius 3 is 2.78 bits per heavy atom. The van der Waals surface area contributed by atoms with Crippen LogP contribution in [0.15, 0.2) is 18.2 Å². The van der Waals surface area contributed by atoms with E-state index in [0.717, 1.165) is 18.7 Å². The normalized spacial score (nSPS) is 25.6. The first-order valence-corrected chi connectivity index (χ1v) is 7.24. The fourth-order valence-electron chi connectivity index (χ4n) is 3.57. The molecule has 1 unspecified atom stereocenters. The highest BCUT2D eigenvalue weighted by atomic mass is 16.5. The maximum atomic E-state index is 6.10. The van der Waals surface area contributed by atoms with Crippen molar-refractivity contribution in [1.29, 1.82) is 0 Å². The summed E-state index contributed by atoms with van der Waals surface area (Å²) in [6, 6.07) is 6.80. The molecule has 2 aliphatic rings. The number of benzene rings is 1. The number of nitrogens with two attached hydrogens (primary N) is 1. The van der Waals surface area contributed by atoms with Crippen molar-refractivity contribution < 1.29 is 4.74 Å². The third-order valence-electron chi connectivity index (χ3n) is 4.72. The zero-order chi connectivity index (χ0) is 12.6. The molecule has 0 bridgehead atoms. The second-order valence-corrected chi connectivity index (χ2v) is 6.00. The standard InChI is InChI=1S/C16H23NO/c1-12-9-13-5-6-14(10-15(13)18-12)16(11-17)7-3-2-4-8-16/h5-6,10,12H,2-4,7-9,11,17H2,1H3. The molecule has 18 heavy (non-hydrogen) atoms. The molecule has 3 rings (SSSR count). The average molecular weight is 245 g/mol. The molecule has 1 fully saturated rings. The van der Waals surface area contributed by atoms with Crippen molar-refractivity contribution >= 4 is 0 Å². The van der Waals surface area contributed by atoms with Gasteiger partial charge in [0.25, 0.3) is 0 Å². The van der Waals surface area contributed by atoms with Crippen LogP contribution in [-0.4, -0.2) is 12.6 Å². The van der Waals surface area contributed by atoms with E-state index in [1.165, 1.54) is 43.2 Å². The molecule has 2 nitrogen and oxygen atoms in total. The number of ether oxygens (including phenoxy) is 1. The van der Waals surface area contributed by atoms with Crippen LogP contribution in [0.2, 0.25) is 0 Å². The van der Waals surface area contributed by atoms with Crippen LogP contribution in [0.25, 0.3) is 0 Å². The summed E-state index contributed by atoms with van der Waals surface area (Å²) in [5.41, 5.74) is 9.07. The molecule has 0 radical (unpaired) electrons. The summed E-state index contributed by atoms with van der Waals surface area (Å²) in [6.45, 7) is 2.90. The van der Waals surface area contributed by atoms with E-state index >= 15 is 0 Å². The molecular weight excluding hydrogens is 222 g/mol. The van der Waals surface area contributed by atoms with Gasteiger partial charge in [-0.1, -0.05) is 31.4 Å². The Hall–Kier alpha value is -1.02. The molecule has 1 aromatic carbocycles. The van der Waals surface area contributed by atoms with E-state index in [4.69, 9.17) is 10.5 Å². The van der Waals surface area contributed by atoms with E-state index in [1.54, 1.807) is 0 Å². The van der Waals surface area contributed by atoms with Crippen molar-refractivity contribution in [2.75, 3.05) is 6.54 Å². The van der Waals surface area contributed by atoms with Gasteiger partial charge in [-0.3, -0.25) is 0 Å². The molecular formula is C16H23NO. The van der Waals surface area contributed by atoms with Gasteiger partial charge < -0.3 is 10.5 Å². The van der Waals surface area contributed by atoms with E-state index in [1.807, 2.05) is 0 Å². The molecule has 0 amide bonds. The average Bonchev–Trinajstić information content (AvgIpc) is 2.78. The third-order valence-corrected chi connectivity index (χ3v) is 4.72. The topological polar surface area (TPSA) is 35.2 Å². The van der Waals surface area contributed by atoms with Crippen molar-refractivity contribution in [2.45, 2.75) is 57.0 Å². The Morgan fingerprint density at radius 1 is 1.28 bits per heavy atom. The summed E-state index contributed by atoms with van der Waals surface area (Å²) in [6.07, 6.45) is 7.83. The van der Waals surface area contributed by atoms with E-state index in [2.05, 4.69) is 25.1 Å². The second kappa shape index (κ2) is 4.58. The summed E-state index contributed by atoms with van der Waals surface area (Å²) >= 11 is 0. The maximum absolute atomic E-state index is 6.10. The van der Waals surface area contributed by atoms with E-state index in [0.29, 0.717) is 6.10 Å². The molecule has 0 aromatic heterocycles. The predicted octanol–water partition coefficient (Wildman–Crippen LogP) is 3.17. The molecule has 0 saturated heterocycles. The monoisotopic (exact) mass is 245 g/mol. The molecule has 2 heteroatoms. The molecule has 0 spiro atoms. The second-order valence-electron chi connectivity index (χ2n) is 6.00. The first-order chi connectivity index (χ1) is 8.73. The van der Waals surface area contributed by atoms with Gasteiger partial charge in [-0.2, -0.15) is 0 Å². The molecule has 1 aliphatic carbocycles. The number of hydrogen-bond acceptors (Lipinski definition) is 2. The lowest BCUT2D eigenvalue weighted by molar-refractivity contribution is 0.253. The first kappa shape index (κ1) is 12.0. The Labute approximate surface area is 110 Å². The van der Waals surface area contributed by atoms with Gasteiger partial charge in [0.1, 0.15) is 11.9 Å². The minimum Gasteiger partial charge on any atom is -0.490 e. The Bertz CT molecular complexity index is 435. The van der Waals surface area contributed by atoms with Gasteiger partial charge in [0.05, 0.1) is 0 Å². The van der Waals surface area contributed by atoms with Crippen LogP contribution in [0.5, 0.6) is 5.75 Å². The van der Waals surface area contributed by atoms with Crippen LogP contribution >= 0.6 is 0 Å². The highest BCUT2D eigenvalue weighted by Gasteiger charge is 2.33. The minimum atomic E-state index is 0.211. The summed E-state index contributed by atoms with van der Waals surface area (Å²) in [4.78, 5) is 0. The Balaban J connectivity index is 1.94. The lowest BCUT2D eigenvalue weighted by Gasteiger charge is -2.37. The van der Waals surface area contributed by atoms with E-state index in [-0.39, 0.29) is 5.41 Å². The first-order valence-electron chi connectivity index (χ1n) is 7.24. The van der Waals surface area contributed by atoms with E-state index < -0.39 is 0 Å². The highest BCUT2D eigenvalue weighted by molar-refractivity contribution is 5.43. The largest absolute Gasteiger partial charge is 0.490 e. The van der Waals surface area contributed by atoms with Gasteiger partial charge >= 0.3 is 0 Å². The van der Waals surface area contributed by atoms with Crippen LogP contribution in [0.4, 0.5) is 0 Å². The van der Waals surface area contributed by atoms with Gasteiger partial charge in [-0.05, 0) is 37.0 Å². The molecule has 98 valence electrons. The predicted molar refractivity (Wildman–Crippen MR) is 74.1 cm³/mol. The fourth-order valence-corrected chi connectivity index (χ4v) is 3.57. The highest BCUT2D eigenvalue weighted by Crippen LogP contribution is 2.41. The summed E-state index contributed by atoms with van der Waals surface area (Å²) in [5, 5.41) is 0. The quantitative estimate of drug-likeness (QED) is 0.868. The van der Waals surface area contributed by atoms with Gasteiger partial charge in [0.2, 0.25) is 0 Å². The van der Waals surface area contributed by atoms with E-state index in [9.17, 15) is 0 Å². The number of fused-ring (bicyclic) bond motifs is 1. The van der Waals surface area contributed by atoms with Crippen LogP contribution in [-0.2, 0) is 11.8 Å². The number of hydrogen-bond donors (Lipinski definition) is 1. The minimum absolute atomic E-state index is 0.211. The van der Waals surface area contributed by atoms with Crippen molar-refractivity contribution in [3.63, 3.8) is 0 Å². The van der Waals surface area contributed by atoms with Gasteiger partial charge in [-0.25, -0.2) is 0 Å². The molecule has 1 aromatic rings. The summed E-state index contributed by atoms with van der Waals surface area (Å²) in [5.74, 6) is 1.10. The lowest BCUT2D eigenvalue weighted by atomic mass is 9.69. The van der Waals surface area contributed by atoms with Crippen LogP contribution in [0, 0.1) is 0 Å². The number of rotatable bonds is 2. The van der Waals surface area contributed by atoms with Crippen LogP contribution in [0.1, 0.15) is 50.2 Å². The summed E-state index contributed by atoms with van der Waals surface area (Å²) in [7, 11) is 0. The molecule has 1 heterocycles. The third kappa shape index (κ3) is 1.93. The van der Waals surface area contributed by atoms with Gasteiger partial charge in [0, 0.05) is 18.4 Å². The van der Waals surface area contributed by atoms with Gasteiger partial charge in [0.15, 0.2) is 0 Å². The molecule has 1 aliphatic heterocycles.